The van der Waals surface area contributed by atoms with Crippen molar-refractivity contribution in [2.45, 2.75) is 40.3 Å². The normalized spacial score (nSPS) is 27.6. The minimum Gasteiger partial charge on any atom is -0.377 e. The second kappa shape index (κ2) is 8.13. The van der Waals surface area contributed by atoms with Crippen LogP contribution in [0.4, 0.5) is 0 Å². The molecule has 19 heavy (non-hydrogen) atoms. The summed E-state index contributed by atoms with van der Waals surface area (Å²) in [4.78, 5) is 2.13. The van der Waals surface area contributed by atoms with Crippen LogP contribution in [0.15, 0.2) is 47.6 Å². The Hall–Kier alpha value is -1.12. The van der Waals surface area contributed by atoms with Crippen molar-refractivity contribution < 1.29 is 5.11 Å². The van der Waals surface area contributed by atoms with Gasteiger partial charge in [-0.25, -0.2) is 0 Å². The van der Waals surface area contributed by atoms with Gasteiger partial charge in [0, 0.05) is 12.5 Å². The number of hydrogen-bond acceptors (Lipinski definition) is 2. The van der Waals surface area contributed by atoms with Gasteiger partial charge in [0.2, 0.25) is 0 Å². The second-order valence-corrected chi connectivity index (χ2v) is 5.13. The molecule has 0 amide bonds. The van der Waals surface area contributed by atoms with Crippen molar-refractivity contribution in [2.24, 2.45) is 5.92 Å². The van der Waals surface area contributed by atoms with E-state index in [2.05, 4.69) is 56.9 Å². The van der Waals surface area contributed by atoms with Gasteiger partial charge in [0.05, 0.1) is 0 Å². The van der Waals surface area contributed by atoms with Crippen molar-refractivity contribution in [2.75, 3.05) is 13.1 Å². The first-order chi connectivity index (χ1) is 9.10. The summed E-state index contributed by atoms with van der Waals surface area (Å²) in [7, 11) is 0. The molecule has 0 spiro atoms. The Kier molecular flexibility index (Phi) is 6.82. The largest absolute Gasteiger partial charge is 0.377 e. The van der Waals surface area contributed by atoms with Gasteiger partial charge in [0.15, 0.2) is 0 Å². The molecule has 0 heterocycles. The highest BCUT2D eigenvalue weighted by atomic mass is 16.3. The first-order valence-corrected chi connectivity index (χ1v) is 7.22. The van der Waals surface area contributed by atoms with Gasteiger partial charge >= 0.3 is 0 Å². The fourth-order valence-electron chi connectivity index (χ4n) is 2.31. The van der Waals surface area contributed by atoms with Crippen LogP contribution in [0.2, 0.25) is 0 Å². The van der Waals surface area contributed by atoms with E-state index >= 15 is 0 Å². The fourth-order valence-corrected chi connectivity index (χ4v) is 2.31. The maximum absolute atomic E-state index is 10.6. The van der Waals surface area contributed by atoms with Gasteiger partial charge < -0.3 is 5.11 Å². The van der Waals surface area contributed by atoms with E-state index in [1.807, 2.05) is 12.2 Å². The van der Waals surface area contributed by atoms with Crippen LogP contribution in [0.25, 0.3) is 0 Å². The van der Waals surface area contributed by atoms with Gasteiger partial charge in [-0.1, -0.05) is 61.4 Å². The van der Waals surface area contributed by atoms with E-state index in [0.717, 1.165) is 19.5 Å². The SMILES string of the molecule is CCCN(CC)C(O)C1\C=C/C(C)=C\C=C\C=C1C. The highest BCUT2D eigenvalue weighted by Gasteiger charge is 2.23. The summed E-state index contributed by atoms with van der Waals surface area (Å²) < 4.78 is 0. The Morgan fingerprint density at radius 2 is 1.89 bits per heavy atom. The van der Waals surface area contributed by atoms with Crippen molar-refractivity contribution in [3.05, 3.63) is 47.6 Å². The summed E-state index contributed by atoms with van der Waals surface area (Å²) >= 11 is 0. The Morgan fingerprint density at radius 3 is 2.53 bits per heavy atom. The van der Waals surface area contributed by atoms with Gasteiger partial charge in [0.1, 0.15) is 6.23 Å². The molecule has 106 valence electrons. The van der Waals surface area contributed by atoms with Crippen molar-refractivity contribution in [3.63, 3.8) is 0 Å². The minimum absolute atomic E-state index is 0.0533. The zero-order valence-electron chi connectivity index (χ0n) is 12.6. The lowest BCUT2D eigenvalue weighted by molar-refractivity contribution is -0.0140. The van der Waals surface area contributed by atoms with Crippen LogP contribution in [0.3, 0.4) is 0 Å². The van der Waals surface area contributed by atoms with E-state index in [1.54, 1.807) is 0 Å². The van der Waals surface area contributed by atoms with Gasteiger partial charge in [0.25, 0.3) is 0 Å². The number of rotatable bonds is 5. The molecule has 0 aromatic rings. The smallest absolute Gasteiger partial charge is 0.117 e. The molecule has 0 aliphatic heterocycles. The van der Waals surface area contributed by atoms with E-state index in [1.165, 1.54) is 11.1 Å². The molecular weight excluding hydrogens is 234 g/mol. The van der Waals surface area contributed by atoms with Crippen molar-refractivity contribution >= 4 is 0 Å². The lowest BCUT2D eigenvalue weighted by Gasteiger charge is -2.31. The minimum atomic E-state index is -0.447. The van der Waals surface area contributed by atoms with Crippen LogP contribution in [-0.2, 0) is 0 Å². The van der Waals surface area contributed by atoms with E-state index in [0.29, 0.717) is 0 Å². The molecule has 2 heteroatoms. The first-order valence-electron chi connectivity index (χ1n) is 7.22. The number of aliphatic hydroxyl groups is 1. The van der Waals surface area contributed by atoms with E-state index < -0.39 is 6.23 Å². The van der Waals surface area contributed by atoms with E-state index in [4.69, 9.17) is 0 Å². The van der Waals surface area contributed by atoms with Gasteiger partial charge in [-0.15, -0.1) is 0 Å². The first kappa shape index (κ1) is 15.9. The Bertz CT molecular complexity index is 390. The molecule has 1 aliphatic carbocycles. The third-order valence-corrected chi connectivity index (χ3v) is 3.53. The van der Waals surface area contributed by atoms with Crippen LogP contribution in [0, 0.1) is 5.92 Å². The van der Waals surface area contributed by atoms with Gasteiger partial charge in [-0.3, -0.25) is 4.90 Å². The number of hydrogen-bond donors (Lipinski definition) is 1. The third kappa shape index (κ3) is 4.81. The van der Waals surface area contributed by atoms with Gasteiger partial charge in [-0.05, 0) is 26.8 Å². The van der Waals surface area contributed by atoms with Crippen LogP contribution < -0.4 is 0 Å². The summed E-state index contributed by atoms with van der Waals surface area (Å²) in [5.41, 5.74) is 2.40. The summed E-state index contributed by atoms with van der Waals surface area (Å²) in [6, 6.07) is 0. The maximum Gasteiger partial charge on any atom is 0.117 e. The van der Waals surface area contributed by atoms with Crippen molar-refractivity contribution in [1.82, 2.24) is 4.90 Å². The molecule has 0 saturated heterocycles. The fraction of sp³-hybridized carbons (Fsp3) is 0.529. The Labute approximate surface area is 117 Å². The Balaban J connectivity index is 2.96. The highest BCUT2D eigenvalue weighted by molar-refractivity contribution is 5.30. The lowest BCUT2D eigenvalue weighted by Crippen LogP contribution is -2.40. The average Bonchev–Trinajstić information content (AvgIpc) is 2.47. The molecule has 0 aromatic heterocycles. The van der Waals surface area contributed by atoms with Crippen molar-refractivity contribution in [3.8, 4) is 0 Å². The topological polar surface area (TPSA) is 23.5 Å². The highest BCUT2D eigenvalue weighted by Crippen LogP contribution is 2.22. The molecule has 0 aromatic carbocycles. The maximum atomic E-state index is 10.6. The molecule has 2 unspecified atom stereocenters. The number of allylic oxidation sites excluding steroid dienone is 6. The third-order valence-electron chi connectivity index (χ3n) is 3.53. The summed E-state index contributed by atoms with van der Waals surface area (Å²) in [6.07, 6.45) is 13.1. The average molecular weight is 261 g/mol. The number of nitrogens with zero attached hydrogens (tertiary/aromatic N) is 1. The summed E-state index contributed by atoms with van der Waals surface area (Å²) in [5, 5.41) is 10.6. The van der Waals surface area contributed by atoms with E-state index in [9.17, 15) is 5.11 Å². The second-order valence-electron chi connectivity index (χ2n) is 5.13. The molecule has 0 saturated carbocycles. The molecule has 2 nitrogen and oxygen atoms in total. The molecule has 1 N–H and O–H groups in total. The van der Waals surface area contributed by atoms with Crippen LogP contribution in [0.5, 0.6) is 0 Å². The van der Waals surface area contributed by atoms with Crippen LogP contribution >= 0.6 is 0 Å². The predicted molar refractivity (Wildman–Crippen MR) is 82.8 cm³/mol. The standard InChI is InChI=1S/C17H27NO/c1-5-13-18(6-2)17(19)16-12-11-14(3)9-7-8-10-15(16)4/h7-12,16-17,19H,5-6,13H2,1-4H3/b8-7+,12-11-,14-9-,15-10?. The lowest BCUT2D eigenvalue weighted by atomic mass is 9.96. The zero-order chi connectivity index (χ0) is 14.3. The summed E-state index contributed by atoms with van der Waals surface area (Å²) in [5.74, 6) is 0.0533. The molecule has 1 rings (SSSR count). The molecule has 0 fully saturated rings. The summed E-state index contributed by atoms with van der Waals surface area (Å²) in [6.45, 7) is 10.2. The van der Waals surface area contributed by atoms with Gasteiger partial charge in [-0.2, -0.15) is 0 Å². The quantitative estimate of drug-likeness (QED) is 0.763. The molecule has 0 bridgehead atoms. The monoisotopic (exact) mass is 261 g/mol. The molecule has 0 radical (unpaired) electrons. The zero-order valence-corrected chi connectivity index (χ0v) is 12.6. The van der Waals surface area contributed by atoms with Crippen LogP contribution in [-0.4, -0.2) is 29.3 Å². The van der Waals surface area contributed by atoms with Crippen molar-refractivity contribution in [1.29, 1.82) is 0 Å². The predicted octanol–water partition coefficient (Wildman–Crippen LogP) is 3.67. The molecular formula is C17H27NO. The van der Waals surface area contributed by atoms with Crippen LogP contribution in [0.1, 0.15) is 34.1 Å². The molecule has 2 atom stereocenters. The molecule has 1 aliphatic rings. The number of aliphatic hydroxyl groups excluding tert-OH is 1. The Morgan fingerprint density at radius 1 is 1.21 bits per heavy atom. The van der Waals surface area contributed by atoms with E-state index in [-0.39, 0.29) is 5.92 Å².